The first-order valence-corrected chi connectivity index (χ1v) is 2.36. The van der Waals surface area contributed by atoms with Gasteiger partial charge in [0.15, 0.2) is 6.54 Å². The van der Waals surface area contributed by atoms with Crippen molar-refractivity contribution >= 4 is 12.2 Å². The average molecular weight is 115 g/mol. The molecule has 0 N–H and O–H groups in total. The molecule has 0 bridgehead atoms. The second-order valence-corrected chi connectivity index (χ2v) is 1.55. The second-order valence-electron chi connectivity index (χ2n) is 1.55. The number of carboxylic acid groups (broad SMARTS) is 1. The first kappa shape index (κ1) is 7.14. The van der Waals surface area contributed by atoms with E-state index >= 15 is 0 Å². The van der Waals surface area contributed by atoms with Crippen LogP contribution in [0.2, 0.25) is 0 Å². The molecule has 0 aromatic heterocycles. The lowest BCUT2D eigenvalue weighted by Crippen LogP contribution is -2.31. The molecule has 0 saturated carbocycles. The third-order valence-electron chi connectivity index (χ3n) is 0.819. The number of carboxylic acids is 1. The summed E-state index contributed by atoms with van der Waals surface area (Å²) in [4.78, 5) is 9.80. The third kappa shape index (κ3) is 3.33. The molecule has 0 saturated heterocycles. The summed E-state index contributed by atoms with van der Waals surface area (Å²) in [5.41, 5.74) is 0. The lowest BCUT2D eigenvalue weighted by molar-refractivity contribution is -0.495. The molecule has 3 nitrogen and oxygen atoms in total. The van der Waals surface area contributed by atoms with Gasteiger partial charge in [-0.25, -0.2) is 4.58 Å². The van der Waals surface area contributed by atoms with Crippen LogP contribution in [0, 0.1) is 0 Å². The van der Waals surface area contributed by atoms with Crippen molar-refractivity contribution in [2.24, 2.45) is 0 Å². The van der Waals surface area contributed by atoms with E-state index in [0.717, 1.165) is 0 Å². The molecule has 0 aromatic carbocycles. The Morgan fingerprint density at radius 3 is 2.50 bits per heavy atom. The Morgan fingerprint density at radius 2 is 2.38 bits per heavy atom. The lowest BCUT2D eigenvalue weighted by Gasteiger charge is -1.94. The van der Waals surface area contributed by atoms with Gasteiger partial charge in [-0.2, -0.15) is 0 Å². The minimum atomic E-state index is -1.05. The Bertz CT molecular complexity index is 118. The molecule has 46 valence electrons. The number of hydrogen-bond acceptors (Lipinski definition) is 2. The highest BCUT2D eigenvalue weighted by molar-refractivity contribution is 5.66. The van der Waals surface area contributed by atoms with E-state index in [2.05, 4.69) is 0 Å². The zero-order valence-corrected chi connectivity index (χ0v) is 5.05. The van der Waals surface area contributed by atoms with Crippen molar-refractivity contribution in [2.75, 3.05) is 13.6 Å². The van der Waals surface area contributed by atoms with Crippen LogP contribution in [0.1, 0.15) is 6.92 Å². The molecule has 0 spiro atoms. The average Bonchev–Trinajstić information content (AvgIpc) is 1.65. The highest BCUT2D eigenvalue weighted by Gasteiger charge is 1.90. The topological polar surface area (TPSA) is 43.1 Å². The van der Waals surface area contributed by atoms with E-state index in [1.807, 2.05) is 0 Å². The Balaban J connectivity index is 3.56. The molecule has 0 fully saturated rings. The molecule has 3 heteroatoms. The molecule has 0 radical (unpaired) electrons. The molecule has 0 aliphatic carbocycles. The third-order valence-corrected chi connectivity index (χ3v) is 0.819. The molecular formula is C5H9NO2. The Hall–Kier alpha value is -0.860. The Morgan fingerprint density at radius 1 is 1.88 bits per heavy atom. The summed E-state index contributed by atoms with van der Waals surface area (Å²) in [6.07, 6.45) is 1.68. The zero-order valence-electron chi connectivity index (χ0n) is 5.05. The molecule has 0 aliphatic heterocycles. The van der Waals surface area contributed by atoms with Gasteiger partial charge in [0, 0.05) is 6.92 Å². The molecule has 8 heavy (non-hydrogen) atoms. The van der Waals surface area contributed by atoms with Gasteiger partial charge in [0.2, 0.25) is 0 Å². The number of nitrogens with zero attached hydrogens (tertiary/aromatic N) is 1. The van der Waals surface area contributed by atoms with Crippen LogP contribution in [-0.2, 0) is 4.79 Å². The largest absolute Gasteiger partial charge is 0.544 e. The maximum atomic E-state index is 9.80. The standard InChI is InChI=1S/C5H9NO2/c1-3-6(2)4-5(7)8/h3H,4H2,1-2H3. The number of rotatable bonds is 2. The molecule has 0 rings (SSSR count). The summed E-state index contributed by atoms with van der Waals surface area (Å²) in [7, 11) is 1.68. The summed E-state index contributed by atoms with van der Waals surface area (Å²) >= 11 is 0. The quantitative estimate of drug-likeness (QED) is 0.323. The number of hydrogen-bond donors (Lipinski definition) is 0. The summed E-state index contributed by atoms with van der Waals surface area (Å²) in [6.45, 7) is 1.74. The highest BCUT2D eigenvalue weighted by atomic mass is 16.4. The number of carbonyl (C=O) groups is 1. The lowest BCUT2D eigenvalue weighted by atomic mass is 10.6. The van der Waals surface area contributed by atoms with E-state index in [0.29, 0.717) is 0 Å². The van der Waals surface area contributed by atoms with Gasteiger partial charge < -0.3 is 9.90 Å². The van der Waals surface area contributed by atoms with E-state index in [1.165, 1.54) is 4.58 Å². The van der Waals surface area contributed by atoms with Gasteiger partial charge in [0.1, 0.15) is 19.2 Å². The number of carbonyl (C=O) groups excluding carboxylic acids is 1. The summed E-state index contributed by atoms with van der Waals surface area (Å²) in [6, 6.07) is 0. The van der Waals surface area contributed by atoms with Gasteiger partial charge in [-0.1, -0.05) is 0 Å². The summed E-state index contributed by atoms with van der Waals surface area (Å²) < 4.78 is 1.54. The van der Waals surface area contributed by atoms with E-state index in [-0.39, 0.29) is 6.54 Å². The normalized spacial score (nSPS) is 11.5. The van der Waals surface area contributed by atoms with Gasteiger partial charge in [-0.3, -0.25) is 0 Å². The zero-order chi connectivity index (χ0) is 6.57. The van der Waals surface area contributed by atoms with Crippen LogP contribution < -0.4 is 5.11 Å². The Labute approximate surface area is 48.3 Å². The van der Waals surface area contributed by atoms with Gasteiger partial charge in [-0.15, -0.1) is 0 Å². The molecular weight excluding hydrogens is 106 g/mol. The highest BCUT2D eigenvalue weighted by Crippen LogP contribution is 1.61. The Kier molecular flexibility index (Phi) is 2.84. The molecule has 0 amide bonds. The fourth-order valence-electron chi connectivity index (χ4n) is 0.295. The van der Waals surface area contributed by atoms with Crippen molar-refractivity contribution in [1.29, 1.82) is 0 Å². The van der Waals surface area contributed by atoms with Crippen LogP contribution in [0.4, 0.5) is 0 Å². The predicted octanol–water partition coefficient (Wildman–Crippen LogP) is -1.53. The first-order valence-electron chi connectivity index (χ1n) is 2.36. The fourth-order valence-corrected chi connectivity index (χ4v) is 0.295. The summed E-state index contributed by atoms with van der Waals surface area (Å²) in [5.74, 6) is -1.05. The predicted molar refractivity (Wildman–Crippen MR) is 27.8 cm³/mol. The molecule has 0 atom stereocenters. The molecule has 0 heterocycles. The monoisotopic (exact) mass is 115 g/mol. The van der Waals surface area contributed by atoms with E-state index in [4.69, 9.17) is 0 Å². The fraction of sp³-hybridized carbons (Fsp3) is 0.600. The minimum absolute atomic E-state index is 0.0312. The van der Waals surface area contributed by atoms with Crippen LogP contribution in [0.3, 0.4) is 0 Å². The van der Waals surface area contributed by atoms with Crippen molar-refractivity contribution in [2.45, 2.75) is 6.92 Å². The molecule has 0 aliphatic rings. The molecule has 0 aromatic rings. The maximum absolute atomic E-state index is 9.80. The van der Waals surface area contributed by atoms with Gasteiger partial charge in [0.05, 0.1) is 0 Å². The van der Waals surface area contributed by atoms with Crippen molar-refractivity contribution in [3.63, 3.8) is 0 Å². The van der Waals surface area contributed by atoms with Crippen LogP contribution >= 0.6 is 0 Å². The SMILES string of the molecule is CC=[N+](C)CC(=O)[O-]. The summed E-state index contributed by atoms with van der Waals surface area (Å²) in [5, 5.41) is 9.80. The van der Waals surface area contributed by atoms with Gasteiger partial charge in [-0.05, 0) is 0 Å². The maximum Gasteiger partial charge on any atom is 0.181 e. The van der Waals surface area contributed by atoms with Crippen LogP contribution in [0.15, 0.2) is 0 Å². The van der Waals surface area contributed by atoms with Crippen molar-refractivity contribution in [3.8, 4) is 0 Å². The van der Waals surface area contributed by atoms with Crippen LogP contribution in [-0.4, -0.2) is 30.4 Å². The van der Waals surface area contributed by atoms with Gasteiger partial charge in [0.25, 0.3) is 0 Å². The van der Waals surface area contributed by atoms with Crippen molar-refractivity contribution < 1.29 is 14.5 Å². The van der Waals surface area contributed by atoms with E-state index in [1.54, 1.807) is 20.2 Å². The molecule has 0 unspecified atom stereocenters. The smallest absolute Gasteiger partial charge is 0.181 e. The van der Waals surface area contributed by atoms with Crippen LogP contribution in [0.25, 0.3) is 0 Å². The number of likely N-dealkylation sites (N-methyl/N-ethyl adjacent to an activating group) is 1. The van der Waals surface area contributed by atoms with E-state index in [9.17, 15) is 9.90 Å². The number of aliphatic carboxylic acids is 1. The second kappa shape index (κ2) is 3.18. The van der Waals surface area contributed by atoms with Gasteiger partial charge >= 0.3 is 0 Å². The van der Waals surface area contributed by atoms with Crippen LogP contribution in [0.5, 0.6) is 0 Å². The van der Waals surface area contributed by atoms with Crippen molar-refractivity contribution in [1.82, 2.24) is 0 Å². The van der Waals surface area contributed by atoms with Crippen molar-refractivity contribution in [3.05, 3.63) is 0 Å². The first-order chi connectivity index (χ1) is 3.66. The minimum Gasteiger partial charge on any atom is -0.544 e. The van der Waals surface area contributed by atoms with E-state index < -0.39 is 5.97 Å².